The first-order chi connectivity index (χ1) is 6.36. The van der Waals surface area contributed by atoms with Gasteiger partial charge in [-0.05, 0) is 12.8 Å². The first kappa shape index (κ1) is 8.41. The molecule has 0 spiro atoms. The number of carbonyl (C=O) groups is 1. The molecule has 1 aromatic rings. The molecule has 4 heteroatoms. The van der Waals surface area contributed by atoms with Crippen LogP contribution >= 0.6 is 0 Å². The fraction of sp³-hybridized carbons (Fsp3) is 0.667. The van der Waals surface area contributed by atoms with E-state index in [4.69, 9.17) is 0 Å². The van der Waals surface area contributed by atoms with Crippen molar-refractivity contribution in [2.75, 3.05) is 0 Å². The molecule has 1 heterocycles. The normalized spacial score (nSPS) is 17.8. The van der Waals surface area contributed by atoms with Crippen molar-refractivity contribution in [2.45, 2.75) is 32.2 Å². The summed E-state index contributed by atoms with van der Waals surface area (Å²) in [5.74, 6) is 0.590. The number of aromatic nitrogens is 3. The lowest BCUT2D eigenvalue weighted by molar-refractivity contribution is -0.123. The molecule has 0 radical (unpaired) electrons. The van der Waals surface area contributed by atoms with Gasteiger partial charge in [0.1, 0.15) is 19.2 Å². The van der Waals surface area contributed by atoms with Gasteiger partial charge in [-0.15, -0.1) is 0 Å². The predicted molar refractivity (Wildman–Crippen MR) is 47.0 cm³/mol. The van der Waals surface area contributed by atoms with Gasteiger partial charge in [-0.25, -0.2) is 9.67 Å². The monoisotopic (exact) mass is 179 g/mol. The van der Waals surface area contributed by atoms with Crippen LogP contribution in [0.1, 0.15) is 25.7 Å². The Labute approximate surface area is 77.0 Å². The number of hydrogen-bond acceptors (Lipinski definition) is 3. The third-order valence-corrected chi connectivity index (χ3v) is 2.59. The summed E-state index contributed by atoms with van der Waals surface area (Å²) in [6, 6.07) is 0. The van der Waals surface area contributed by atoms with E-state index in [1.54, 1.807) is 11.0 Å². The van der Waals surface area contributed by atoms with E-state index in [9.17, 15) is 4.79 Å². The van der Waals surface area contributed by atoms with Crippen molar-refractivity contribution in [3.8, 4) is 0 Å². The highest BCUT2D eigenvalue weighted by Crippen LogP contribution is 2.25. The second-order valence-corrected chi connectivity index (χ2v) is 3.54. The second-order valence-electron chi connectivity index (χ2n) is 3.54. The fourth-order valence-electron chi connectivity index (χ4n) is 1.85. The first-order valence-corrected chi connectivity index (χ1v) is 4.71. The number of carbonyl (C=O) groups excluding carboxylic acids is 1. The minimum absolute atomic E-state index is 0.282. The molecule has 0 saturated heterocycles. The molecule has 0 amide bonds. The van der Waals surface area contributed by atoms with E-state index >= 15 is 0 Å². The highest BCUT2D eigenvalue weighted by molar-refractivity contribution is 5.80. The Bertz CT molecular complexity index is 275. The van der Waals surface area contributed by atoms with Crippen LogP contribution in [0.15, 0.2) is 12.7 Å². The molecule has 1 saturated carbocycles. The van der Waals surface area contributed by atoms with Crippen molar-refractivity contribution in [2.24, 2.45) is 5.92 Å². The zero-order chi connectivity index (χ0) is 9.10. The van der Waals surface area contributed by atoms with Gasteiger partial charge >= 0.3 is 0 Å². The van der Waals surface area contributed by atoms with Gasteiger partial charge < -0.3 is 0 Å². The minimum atomic E-state index is 0.282. The summed E-state index contributed by atoms with van der Waals surface area (Å²) in [4.78, 5) is 15.4. The molecule has 0 N–H and O–H groups in total. The second kappa shape index (κ2) is 3.68. The van der Waals surface area contributed by atoms with Crippen LogP contribution in [0.5, 0.6) is 0 Å². The van der Waals surface area contributed by atoms with Gasteiger partial charge in [-0.3, -0.25) is 4.79 Å². The molecule has 70 valence electrons. The zero-order valence-corrected chi connectivity index (χ0v) is 7.52. The Kier molecular flexibility index (Phi) is 2.38. The van der Waals surface area contributed by atoms with Crippen LogP contribution in [0.2, 0.25) is 0 Å². The molecular weight excluding hydrogens is 166 g/mol. The Morgan fingerprint density at radius 1 is 1.46 bits per heavy atom. The molecular formula is C9H13N3O. The average molecular weight is 179 g/mol. The molecule has 2 rings (SSSR count). The summed E-state index contributed by atoms with van der Waals surface area (Å²) in [6.07, 6.45) is 7.58. The van der Waals surface area contributed by atoms with E-state index in [1.165, 1.54) is 19.2 Å². The summed E-state index contributed by atoms with van der Waals surface area (Å²) in [6.45, 7) is 0.394. The summed E-state index contributed by atoms with van der Waals surface area (Å²) < 4.78 is 1.60. The third-order valence-electron chi connectivity index (χ3n) is 2.59. The van der Waals surface area contributed by atoms with Gasteiger partial charge in [-0.2, -0.15) is 5.10 Å². The summed E-state index contributed by atoms with van der Waals surface area (Å²) in [5, 5.41) is 3.91. The van der Waals surface area contributed by atoms with E-state index in [0.29, 0.717) is 12.3 Å². The lowest BCUT2D eigenvalue weighted by Gasteiger charge is -2.06. The molecule has 1 aliphatic rings. The maximum Gasteiger partial charge on any atom is 0.157 e. The molecule has 4 nitrogen and oxygen atoms in total. The van der Waals surface area contributed by atoms with Gasteiger partial charge in [0.15, 0.2) is 5.78 Å². The highest BCUT2D eigenvalue weighted by Gasteiger charge is 2.22. The van der Waals surface area contributed by atoms with Crippen LogP contribution in [0.4, 0.5) is 0 Å². The van der Waals surface area contributed by atoms with Crippen molar-refractivity contribution in [3.63, 3.8) is 0 Å². The summed E-state index contributed by atoms with van der Waals surface area (Å²) in [5.41, 5.74) is 0. The lowest BCUT2D eigenvalue weighted by Crippen LogP contribution is -2.18. The smallest absolute Gasteiger partial charge is 0.157 e. The summed E-state index contributed by atoms with van der Waals surface area (Å²) >= 11 is 0. The number of ketones is 1. The first-order valence-electron chi connectivity index (χ1n) is 4.71. The molecule has 0 aromatic carbocycles. The summed E-state index contributed by atoms with van der Waals surface area (Å²) in [7, 11) is 0. The largest absolute Gasteiger partial charge is 0.297 e. The quantitative estimate of drug-likeness (QED) is 0.696. The van der Waals surface area contributed by atoms with Crippen molar-refractivity contribution >= 4 is 5.78 Å². The van der Waals surface area contributed by atoms with Crippen molar-refractivity contribution in [3.05, 3.63) is 12.7 Å². The Hall–Kier alpha value is -1.19. The molecule has 0 atom stereocenters. The number of nitrogens with zero attached hydrogens (tertiary/aromatic N) is 3. The highest BCUT2D eigenvalue weighted by atomic mass is 16.1. The third kappa shape index (κ3) is 1.94. The van der Waals surface area contributed by atoms with Crippen LogP contribution in [-0.4, -0.2) is 20.5 Å². The SMILES string of the molecule is O=C(Cn1cncn1)C1CCCC1. The fourth-order valence-corrected chi connectivity index (χ4v) is 1.85. The van der Waals surface area contributed by atoms with Crippen LogP contribution < -0.4 is 0 Å². The number of rotatable bonds is 3. The van der Waals surface area contributed by atoms with Crippen molar-refractivity contribution < 1.29 is 4.79 Å². The van der Waals surface area contributed by atoms with Crippen molar-refractivity contribution in [1.29, 1.82) is 0 Å². The molecule has 1 aliphatic carbocycles. The van der Waals surface area contributed by atoms with Gasteiger partial charge in [0.2, 0.25) is 0 Å². The predicted octanol–water partition coefficient (Wildman–Crippen LogP) is 1.04. The van der Waals surface area contributed by atoms with Crippen LogP contribution in [0.25, 0.3) is 0 Å². The van der Waals surface area contributed by atoms with Gasteiger partial charge in [0.05, 0.1) is 0 Å². The molecule has 1 fully saturated rings. The van der Waals surface area contributed by atoms with Gasteiger partial charge in [0, 0.05) is 5.92 Å². The maximum absolute atomic E-state index is 11.6. The standard InChI is InChI=1S/C9H13N3O/c13-9(8-3-1-2-4-8)5-12-7-10-6-11-12/h6-8H,1-5H2. The topological polar surface area (TPSA) is 47.8 Å². The molecule has 0 aliphatic heterocycles. The van der Waals surface area contributed by atoms with E-state index in [2.05, 4.69) is 10.1 Å². The van der Waals surface area contributed by atoms with Gasteiger partial charge in [-0.1, -0.05) is 12.8 Å². The van der Waals surface area contributed by atoms with Crippen LogP contribution in [0, 0.1) is 5.92 Å². The van der Waals surface area contributed by atoms with Crippen LogP contribution in [0.3, 0.4) is 0 Å². The van der Waals surface area contributed by atoms with Crippen molar-refractivity contribution in [1.82, 2.24) is 14.8 Å². The Morgan fingerprint density at radius 2 is 2.23 bits per heavy atom. The number of hydrogen-bond donors (Lipinski definition) is 0. The Morgan fingerprint density at radius 3 is 2.85 bits per heavy atom. The molecule has 0 unspecified atom stereocenters. The average Bonchev–Trinajstić information content (AvgIpc) is 2.74. The van der Waals surface area contributed by atoms with Crippen LogP contribution in [-0.2, 0) is 11.3 Å². The van der Waals surface area contributed by atoms with Gasteiger partial charge in [0.25, 0.3) is 0 Å². The van der Waals surface area contributed by atoms with E-state index in [1.807, 2.05) is 0 Å². The van der Waals surface area contributed by atoms with E-state index in [0.717, 1.165) is 12.8 Å². The molecule has 1 aromatic heterocycles. The molecule has 13 heavy (non-hydrogen) atoms. The van der Waals surface area contributed by atoms with E-state index in [-0.39, 0.29) is 5.92 Å². The zero-order valence-electron chi connectivity index (χ0n) is 7.52. The van der Waals surface area contributed by atoms with E-state index < -0.39 is 0 Å². The molecule has 0 bridgehead atoms. The number of Topliss-reactive ketones (excluding diaryl/α,β-unsaturated/α-hetero) is 1. The Balaban J connectivity index is 1.91. The lowest BCUT2D eigenvalue weighted by atomic mass is 10.0. The maximum atomic E-state index is 11.6. The minimum Gasteiger partial charge on any atom is -0.297 e.